The Morgan fingerprint density at radius 3 is 2.41 bits per heavy atom. The van der Waals surface area contributed by atoms with Crippen molar-refractivity contribution in [2.75, 3.05) is 5.32 Å². The van der Waals surface area contributed by atoms with Crippen molar-refractivity contribution in [2.24, 2.45) is 0 Å². The maximum Gasteiger partial charge on any atom is 0.256 e. The molecule has 0 atom stereocenters. The number of benzene rings is 1. The van der Waals surface area contributed by atoms with Crippen LogP contribution in [0.2, 0.25) is 5.15 Å². The van der Waals surface area contributed by atoms with Crippen LogP contribution < -0.4 is 5.32 Å². The highest BCUT2D eigenvalue weighted by atomic mass is 35.5. The van der Waals surface area contributed by atoms with Crippen molar-refractivity contribution in [3.8, 4) is 5.75 Å². The molecule has 0 radical (unpaired) electrons. The molecule has 0 saturated heterocycles. The van der Waals surface area contributed by atoms with Gasteiger partial charge in [0.1, 0.15) is 5.75 Å². The lowest BCUT2D eigenvalue weighted by molar-refractivity contribution is 0.102. The van der Waals surface area contributed by atoms with Crippen molar-refractivity contribution in [1.82, 2.24) is 10.2 Å². The van der Waals surface area contributed by atoms with Crippen LogP contribution in [0.25, 0.3) is 0 Å². The molecule has 0 saturated carbocycles. The van der Waals surface area contributed by atoms with Gasteiger partial charge in [0.25, 0.3) is 5.91 Å². The summed E-state index contributed by atoms with van der Waals surface area (Å²) in [5, 5.41) is 19.2. The lowest BCUT2D eigenvalue weighted by Gasteiger charge is -2.03. The topological polar surface area (TPSA) is 75.1 Å². The lowest BCUT2D eigenvalue weighted by atomic mass is 10.2. The number of carbonyl (C=O) groups excluding carboxylic acids is 1. The molecule has 0 unspecified atom stereocenters. The third-order valence-corrected chi connectivity index (χ3v) is 2.20. The van der Waals surface area contributed by atoms with Crippen LogP contribution >= 0.6 is 11.6 Å². The Bertz CT molecular complexity index is 525. The van der Waals surface area contributed by atoms with Gasteiger partial charge in [0.15, 0.2) is 11.0 Å². The Kier molecular flexibility index (Phi) is 3.20. The summed E-state index contributed by atoms with van der Waals surface area (Å²) in [6.45, 7) is 0. The fraction of sp³-hybridized carbons (Fsp3) is 0. The molecule has 0 aliphatic carbocycles. The molecular formula is C11H8ClN3O2. The summed E-state index contributed by atoms with van der Waals surface area (Å²) < 4.78 is 0. The van der Waals surface area contributed by atoms with Gasteiger partial charge in [-0.25, -0.2) is 0 Å². The Labute approximate surface area is 102 Å². The second kappa shape index (κ2) is 4.80. The van der Waals surface area contributed by atoms with Crippen LogP contribution in [0.5, 0.6) is 5.75 Å². The van der Waals surface area contributed by atoms with Crippen LogP contribution in [0, 0.1) is 0 Å². The van der Waals surface area contributed by atoms with E-state index in [1.807, 2.05) is 0 Å². The number of carbonyl (C=O) groups is 1. The van der Waals surface area contributed by atoms with Crippen LogP contribution in [-0.4, -0.2) is 21.2 Å². The van der Waals surface area contributed by atoms with E-state index in [1.54, 1.807) is 6.07 Å². The van der Waals surface area contributed by atoms with E-state index < -0.39 is 0 Å². The summed E-state index contributed by atoms with van der Waals surface area (Å²) in [5.74, 6) is 0.0851. The lowest BCUT2D eigenvalue weighted by Crippen LogP contribution is -2.13. The van der Waals surface area contributed by atoms with Crippen molar-refractivity contribution < 1.29 is 9.90 Å². The van der Waals surface area contributed by atoms with Crippen molar-refractivity contribution >= 4 is 23.3 Å². The predicted octanol–water partition coefficient (Wildman–Crippen LogP) is 2.09. The normalized spacial score (nSPS) is 9.94. The average molecular weight is 250 g/mol. The molecule has 0 fully saturated rings. The molecule has 2 N–H and O–H groups in total. The number of rotatable bonds is 2. The number of nitrogens with zero attached hydrogens (tertiary/aromatic N) is 2. The van der Waals surface area contributed by atoms with Gasteiger partial charge in [-0.05, 0) is 36.4 Å². The molecule has 2 rings (SSSR count). The molecule has 86 valence electrons. The number of hydrogen-bond acceptors (Lipinski definition) is 4. The Morgan fingerprint density at radius 2 is 1.82 bits per heavy atom. The van der Waals surface area contributed by atoms with Gasteiger partial charge < -0.3 is 10.4 Å². The smallest absolute Gasteiger partial charge is 0.256 e. The van der Waals surface area contributed by atoms with Crippen LogP contribution in [0.3, 0.4) is 0 Å². The highest BCUT2D eigenvalue weighted by molar-refractivity contribution is 6.29. The molecule has 17 heavy (non-hydrogen) atoms. The van der Waals surface area contributed by atoms with Crippen LogP contribution in [-0.2, 0) is 0 Å². The first-order valence-electron chi connectivity index (χ1n) is 4.75. The predicted molar refractivity (Wildman–Crippen MR) is 63.1 cm³/mol. The first-order chi connectivity index (χ1) is 8.15. The summed E-state index contributed by atoms with van der Waals surface area (Å²) in [4.78, 5) is 11.7. The molecule has 0 aliphatic rings. The number of halogens is 1. The molecule has 1 aromatic heterocycles. The third-order valence-electron chi connectivity index (χ3n) is 2.00. The first-order valence-corrected chi connectivity index (χ1v) is 5.12. The van der Waals surface area contributed by atoms with Gasteiger partial charge in [0.2, 0.25) is 0 Å². The largest absolute Gasteiger partial charge is 0.508 e. The summed E-state index contributed by atoms with van der Waals surface area (Å²) in [5.41, 5.74) is 0.416. The highest BCUT2D eigenvalue weighted by Gasteiger charge is 2.06. The van der Waals surface area contributed by atoms with E-state index in [1.165, 1.54) is 30.3 Å². The molecule has 1 amide bonds. The molecule has 2 aromatic rings. The van der Waals surface area contributed by atoms with E-state index in [0.29, 0.717) is 11.4 Å². The van der Waals surface area contributed by atoms with E-state index in [0.717, 1.165) is 0 Å². The number of aromatic nitrogens is 2. The van der Waals surface area contributed by atoms with E-state index in [9.17, 15) is 4.79 Å². The number of phenolic OH excluding ortho intramolecular Hbond substituents is 1. The molecular weight excluding hydrogens is 242 g/mol. The van der Waals surface area contributed by atoms with Gasteiger partial charge in [-0.2, -0.15) is 0 Å². The average Bonchev–Trinajstić information content (AvgIpc) is 2.33. The zero-order chi connectivity index (χ0) is 12.3. The standard InChI is InChI=1S/C11H8ClN3O2/c12-9-5-6-10(15-14-9)13-11(17)7-1-3-8(16)4-2-7/h1-6,16H,(H,13,15,17). The number of hydrogen-bond donors (Lipinski definition) is 2. The number of phenols is 1. The molecule has 0 spiro atoms. The summed E-state index contributed by atoms with van der Waals surface area (Å²) in [7, 11) is 0. The minimum Gasteiger partial charge on any atom is -0.508 e. The Morgan fingerprint density at radius 1 is 1.12 bits per heavy atom. The summed E-state index contributed by atoms with van der Waals surface area (Å²) >= 11 is 5.57. The molecule has 0 aliphatic heterocycles. The van der Waals surface area contributed by atoms with Crippen molar-refractivity contribution in [3.05, 3.63) is 47.1 Å². The molecule has 6 heteroatoms. The second-order valence-electron chi connectivity index (χ2n) is 3.24. The number of anilines is 1. The van der Waals surface area contributed by atoms with Crippen molar-refractivity contribution in [3.63, 3.8) is 0 Å². The van der Waals surface area contributed by atoms with Crippen LogP contribution in [0.15, 0.2) is 36.4 Å². The quantitative estimate of drug-likeness (QED) is 0.855. The van der Waals surface area contributed by atoms with E-state index in [2.05, 4.69) is 15.5 Å². The van der Waals surface area contributed by atoms with Gasteiger partial charge in [-0.15, -0.1) is 10.2 Å². The Balaban J connectivity index is 2.11. The van der Waals surface area contributed by atoms with E-state index in [-0.39, 0.29) is 16.8 Å². The molecule has 1 heterocycles. The van der Waals surface area contributed by atoms with E-state index in [4.69, 9.17) is 16.7 Å². The van der Waals surface area contributed by atoms with Gasteiger partial charge in [-0.1, -0.05) is 11.6 Å². The maximum absolute atomic E-state index is 11.7. The number of nitrogens with one attached hydrogen (secondary N) is 1. The maximum atomic E-state index is 11.7. The van der Waals surface area contributed by atoms with Gasteiger partial charge in [0, 0.05) is 5.56 Å². The fourth-order valence-corrected chi connectivity index (χ4v) is 1.28. The summed E-state index contributed by atoms with van der Waals surface area (Å²) in [6.07, 6.45) is 0. The summed E-state index contributed by atoms with van der Waals surface area (Å²) in [6, 6.07) is 8.96. The zero-order valence-corrected chi connectivity index (χ0v) is 9.35. The molecule has 5 nitrogen and oxygen atoms in total. The highest BCUT2D eigenvalue weighted by Crippen LogP contribution is 2.12. The third kappa shape index (κ3) is 2.92. The van der Waals surface area contributed by atoms with Gasteiger partial charge >= 0.3 is 0 Å². The van der Waals surface area contributed by atoms with E-state index >= 15 is 0 Å². The first kappa shape index (κ1) is 11.3. The second-order valence-corrected chi connectivity index (χ2v) is 3.63. The number of aromatic hydroxyl groups is 1. The SMILES string of the molecule is O=C(Nc1ccc(Cl)nn1)c1ccc(O)cc1. The molecule has 0 bridgehead atoms. The van der Waals surface area contributed by atoms with Gasteiger partial charge in [0.05, 0.1) is 0 Å². The molecule has 1 aromatic carbocycles. The van der Waals surface area contributed by atoms with Crippen molar-refractivity contribution in [2.45, 2.75) is 0 Å². The number of amides is 1. The monoisotopic (exact) mass is 249 g/mol. The van der Waals surface area contributed by atoms with Crippen LogP contribution in [0.4, 0.5) is 5.82 Å². The minimum atomic E-state index is -0.332. The van der Waals surface area contributed by atoms with Gasteiger partial charge in [-0.3, -0.25) is 4.79 Å². The minimum absolute atomic E-state index is 0.104. The van der Waals surface area contributed by atoms with Crippen LogP contribution in [0.1, 0.15) is 10.4 Å². The fourth-order valence-electron chi connectivity index (χ4n) is 1.18. The Hall–Kier alpha value is -2.14. The van der Waals surface area contributed by atoms with Crippen molar-refractivity contribution in [1.29, 1.82) is 0 Å². The zero-order valence-electron chi connectivity index (χ0n) is 8.59.